The highest BCUT2D eigenvalue weighted by atomic mass is 16.3. The Bertz CT molecular complexity index is 2520. The molecule has 47 heavy (non-hydrogen) atoms. The molecule has 1 heterocycles. The van der Waals surface area contributed by atoms with E-state index in [1.54, 1.807) is 0 Å². The van der Waals surface area contributed by atoms with E-state index in [0.29, 0.717) is 0 Å². The first kappa shape index (κ1) is 27.9. The van der Waals surface area contributed by atoms with Crippen LogP contribution < -0.4 is 4.90 Å². The van der Waals surface area contributed by atoms with Gasteiger partial charge in [-0.3, -0.25) is 0 Å². The lowest BCUT2D eigenvalue weighted by molar-refractivity contribution is 0.590. The van der Waals surface area contributed by atoms with Crippen molar-refractivity contribution in [1.29, 1.82) is 0 Å². The molecule has 0 saturated heterocycles. The molecule has 9 rings (SSSR count). The standard InChI is InChI=1S/C45H37NO/c1-44(2,3)31-19-22-32(23-20-31)46(40-15-10-14-36-35-13-8-9-16-41(35)47-43(36)40)33-21-17-29-26-37-39(27-30(29)25-33)45(4,5)38-24-18-28-11-6-7-12-34(28)42(37)38/h6-27H,1-5H3. The molecular weight excluding hydrogens is 571 g/mol. The fourth-order valence-corrected chi connectivity index (χ4v) is 7.82. The summed E-state index contributed by atoms with van der Waals surface area (Å²) in [6.07, 6.45) is 0. The van der Waals surface area contributed by atoms with Gasteiger partial charge < -0.3 is 9.32 Å². The summed E-state index contributed by atoms with van der Waals surface area (Å²) >= 11 is 0. The highest BCUT2D eigenvalue weighted by molar-refractivity contribution is 6.11. The van der Waals surface area contributed by atoms with Gasteiger partial charge in [0.15, 0.2) is 5.58 Å². The van der Waals surface area contributed by atoms with E-state index in [4.69, 9.17) is 4.42 Å². The molecule has 0 atom stereocenters. The molecule has 0 aliphatic heterocycles. The quantitative estimate of drug-likeness (QED) is 0.199. The lowest BCUT2D eigenvalue weighted by Crippen LogP contribution is -2.15. The van der Waals surface area contributed by atoms with Crippen LogP contribution in [0, 0.1) is 0 Å². The van der Waals surface area contributed by atoms with Crippen LogP contribution in [0.25, 0.3) is 54.6 Å². The van der Waals surface area contributed by atoms with E-state index in [2.05, 4.69) is 167 Å². The summed E-state index contributed by atoms with van der Waals surface area (Å²) in [6, 6.07) is 49.0. The fraction of sp³-hybridized carbons (Fsp3) is 0.156. The predicted molar refractivity (Wildman–Crippen MR) is 200 cm³/mol. The highest BCUT2D eigenvalue weighted by Crippen LogP contribution is 2.53. The van der Waals surface area contributed by atoms with E-state index in [9.17, 15) is 0 Å². The lowest BCUT2D eigenvalue weighted by atomic mass is 9.81. The molecular formula is C45H37NO. The van der Waals surface area contributed by atoms with Crippen LogP contribution >= 0.6 is 0 Å². The Hall–Kier alpha value is -5.34. The average molecular weight is 608 g/mol. The first-order chi connectivity index (χ1) is 22.7. The van der Waals surface area contributed by atoms with Gasteiger partial charge in [0.1, 0.15) is 5.58 Å². The molecule has 0 radical (unpaired) electrons. The number of nitrogens with zero attached hydrogens (tertiary/aromatic N) is 1. The first-order valence-corrected chi connectivity index (χ1v) is 16.6. The molecule has 1 aliphatic carbocycles. The molecule has 0 fully saturated rings. The summed E-state index contributed by atoms with van der Waals surface area (Å²) in [5.41, 5.74) is 11.8. The molecule has 0 N–H and O–H groups in total. The number of hydrogen-bond donors (Lipinski definition) is 0. The van der Waals surface area contributed by atoms with Crippen molar-refractivity contribution in [3.05, 3.63) is 150 Å². The van der Waals surface area contributed by atoms with E-state index in [0.717, 1.165) is 39.0 Å². The van der Waals surface area contributed by atoms with E-state index in [1.807, 2.05) is 6.07 Å². The Morgan fingerprint density at radius 1 is 0.553 bits per heavy atom. The smallest absolute Gasteiger partial charge is 0.159 e. The van der Waals surface area contributed by atoms with Crippen LogP contribution in [0.2, 0.25) is 0 Å². The maximum Gasteiger partial charge on any atom is 0.159 e. The molecule has 0 amide bonds. The Morgan fingerprint density at radius 2 is 1.26 bits per heavy atom. The monoisotopic (exact) mass is 607 g/mol. The first-order valence-electron chi connectivity index (χ1n) is 16.6. The van der Waals surface area contributed by atoms with Crippen LogP contribution in [-0.4, -0.2) is 0 Å². The van der Waals surface area contributed by atoms with Gasteiger partial charge in [-0.1, -0.05) is 120 Å². The Balaban J connectivity index is 1.26. The lowest BCUT2D eigenvalue weighted by Gasteiger charge is -2.27. The minimum atomic E-state index is -0.0960. The molecule has 2 heteroatoms. The maximum atomic E-state index is 6.59. The predicted octanol–water partition coefficient (Wildman–Crippen LogP) is 13.0. The van der Waals surface area contributed by atoms with E-state index in [1.165, 1.54) is 49.4 Å². The normalized spacial score (nSPS) is 13.8. The van der Waals surface area contributed by atoms with Crippen LogP contribution in [0.3, 0.4) is 0 Å². The largest absolute Gasteiger partial charge is 0.454 e. The van der Waals surface area contributed by atoms with Crippen molar-refractivity contribution in [2.24, 2.45) is 0 Å². The molecule has 0 unspecified atom stereocenters. The van der Waals surface area contributed by atoms with Gasteiger partial charge in [0.05, 0.1) is 5.69 Å². The fourth-order valence-electron chi connectivity index (χ4n) is 7.82. The molecule has 0 bridgehead atoms. The number of furan rings is 1. The maximum absolute atomic E-state index is 6.59. The molecule has 1 aromatic heterocycles. The summed E-state index contributed by atoms with van der Waals surface area (Å²) in [7, 11) is 0. The Morgan fingerprint density at radius 3 is 2.06 bits per heavy atom. The van der Waals surface area contributed by atoms with Gasteiger partial charge >= 0.3 is 0 Å². The second-order valence-electron chi connectivity index (χ2n) is 14.6. The molecule has 2 nitrogen and oxygen atoms in total. The van der Waals surface area contributed by atoms with Gasteiger partial charge in [-0.25, -0.2) is 0 Å². The number of para-hydroxylation sites is 2. The molecule has 0 saturated carbocycles. The minimum absolute atomic E-state index is 0.0706. The summed E-state index contributed by atoms with van der Waals surface area (Å²) in [6.45, 7) is 11.5. The SMILES string of the molecule is CC(C)(C)c1ccc(N(c2ccc3cc4c(cc3c2)C(C)(C)c2ccc3ccccc3c2-4)c2cccc3c2oc2ccccc23)cc1. The second-order valence-corrected chi connectivity index (χ2v) is 14.6. The highest BCUT2D eigenvalue weighted by Gasteiger charge is 2.36. The van der Waals surface area contributed by atoms with Crippen molar-refractivity contribution in [3.8, 4) is 11.1 Å². The van der Waals surface area contributed by atoms with Gasteiger partial charge in [0, 0.05) is 27.6 Å². The van der Waals surface area contributed by atoms with Gasteiger partial charge in [-0.05, 0) is 103 Å². The van der Waals surface area contributed by atoms with Gasteiger partial charge in [0.2, 0.25) is 0 Å². The van der Waals surface area contributed by atoms with Gasteiger partial charge in [-0.15, -0.1) is 0 Å². The van der Waals surface area contributed by atoms with Crippen LogP contribution in [0.1, 0.15) is 51.3 Å². The third-order valence-electron chi connectivity index (χ3n) is 10.4. The molecule has 7 aromatic carbocycles. The number of anilines is 3. The zero-order valence-corrected chi connectivity index (χ0v) is 27.6. The van der Waals surface area contributed by atoms with Crippen LogP contribution in [0.4, 0.5) is 17.1 Å². The average Bonchev–Trinajstić information content (AvgIpc) is 3.56. The zero-order valence-electron chi connectivity index (χ0n) is 27.6. The summed E-state index contributed by atoms with van der Waals surface area (Å²) in [4.78, 5) is 2.36. The number of fused-ring (bicyclic) bond motifs is 9. The zero-order chi connectivity index (χ0) is 32.1. The van der Waals surface area contributed by atoms with Gasteiger partial charge in [-0.2, -0.15) is 0 Å². The van der Waals surface area contributed by atoms with E-state index >= 15 is 0 Å². The van der Waals surface area contributed by atoms with Crippen LogP contribution in [-0.2, 0) is 10.8 Å². The summed E-state index contributed by atoms with van der Waals surface area (Å²) < 4.78 is 6.59. The summed E-state index contributed by atoms with van der Waals surface area (Å²) in [5, 5.41) is 7.36. The molecule has 1 aliphatic rings. The number of rotatable bonds is 3. The van der Waals surface area contributed by atoms with Crippen molar-refractivity contribution in [2.75, 3.05) is 4.90 Å². The van der Waals surface area contributed by atoms with E-state index in [-0.39, 0.29) is 10.8 Å². The molecule has 228 valence electrons. The van der Waals surface area contributed by atoms with Crippen LogP contribution in [0.15, 0.2) is 138 Å². The molecule has 0 spiro atoms. The van der Waals surface area contributed by atoms with Crippen LogP contribution in [0.5, 0.6) is 0 Å². The van der Waals surface area contributed by atoms with Crippen molar-refractivity contribution in [3.63, 3.8) is 0 Å². The Kier molecular flexibility index (Phi) is 5.84. The number of hydrogen-bond acceptors (Lipinski definition) is 2. The van der Waals surface area contributed by atoms with Gasteiger partial charge in [0.25, 0.3) is 0 Å². The van der Waals surface area contributed by atoms with Crippen molar-refractivity contribution < 1.29 is 4.42 Å². The number of benzene rings is 7. The molecule has 8 aromatic rings. The third kappa shape index (κ3) is 4.17. The van der Waals surface area contributed by atoms with Crippen molar-refractivity contribution >= 4 is 60.5 Å². The van der Waals surface area contributed by atoms with Crippen molar-refractivity contribution in [2.45, 2.75) is 45.4 Å². The summed E-state index contributed by atoms with van der Waals surface area (Å²) in [5.74, 6) is 0. The second kappa shape index (κ2) is 9.83. The third-order valence-corrected chi connectivity index (χ3v) is 10.4. The topological polar surface area (TPSA) is 16.4 Å². The van der Waals surface area contributed by atoms with Crippen molar-refractivity contribution in [1.82, 2.24) is 0 Å². The minimum Gasteiger partial charge on any atom is -0.454 e. The van der Waals surface area contributed by atoms with E-state index < -0.39 is 0 Å². The Labute approximate surface area is 275 Å².